The molecule has 0 radical (unpaired) electrons. The molecule has 4 nitrogen and oxygen atoms in total. The highest BCUT2D eigenvalue weighted by molar-refractivity contribution is 7.48. The quantitative estimate of drug-likeness (QED) is 0.485. The van der Waals surface area contributed by atoms with Gasteiger partial charge in [-0.15, -0.1) is 0 Å². The summed E-state index contributed by atoms with van der Waals surface area (Å²) < 4.78 is 27.7. The summed E-state index contributed by atoms with van der Waals surface area (Å²) >= 11 is 0. The average Bonchev–Trinajstić information content (AvgIpc) is 2.17. The third-order valence-corrected chi connectivity index (χ3v) is 3.51. The molecule has 0 saturated heterocycles. The molecule has 0 amide bonds. The molecule has 0 aromatic heterocycles. The number of allylic oxidation sites excluding steroid dienone is 1. The van der Waals surface area contributed by atoms with Gasteiger partial charge in [-0.2, -0.15) is 0 Å². The van der Waals surface area contributed by atoms with E-state index in [2.05, 4.69) is 0 Å². The second-order valence-corrected chi connectivity index (χ2v) is 5.24. The van der Waals surface area contributed by atoms with Crippen LogP contribution in [0.3, 0.4) is 0 Å². The standard InChI is InChI=1S/C11H23O4P/c1-6-9-11(10(4)5)15-16(12,13-7-2)14-8-3/h6,9-11H,7-8H2,1-5H3/b9-6-/t11-/m1/s1. The molecule has 96 valence electrons. The van der Waals surface area contributed by atoms with Crippen LogP contribution in [0.2, 0.25) is 0 Å². The van der Waals surface area contributed by atoms with Crippen molar-refractivity contribution in [2.45, 2.75) is 40.7 Å². The number of hydrogen-bond acceptors (Lipinski definition) is 4. The van der Waals surface area contributed by atoms with Crippen molar-refractivity contribution in [1.29, 1.82) is 0 Å². The lowest BCUT2D eigenvalue weighted by Crippen LogP contribution is -2.17. The molecule has 0 aromatic rings. The summed E-state index contributed by atoms with van der Waals surface area (Å²) in [4.78, 5) is 0. The van der Waals surface area contributed by atoms with Crippen molar-refractivity contribution in [1.82, 2.24) is 0 Å². The topological polar surface area (TPSA) is 44.8 Å². The SMILES string of the molecule is C/C=C\[C@@H](OP(=O)(OCC)OCC)C(C)C. The second-order valence-electron chi connectivity index (χ2n) is 3.62. The Kier molecular flexibility index (Phi) is 7.94. The Labute approximate surface area is 98.6 Å². The normalized spacial score (nSPS) is 14.9. The van der Waals surface area contributed by atoms with E-state index in [9.17, 15) is 4.57 Å². The summed E-state index contributed by atoms with van der Waals surface area (Å²) in [6, 6.07) is 0. The monoisotopic (exact) mass is 250 g/mol. The molecule has 0 saturated carbocycles. The molecule has 1 atom stereocenters. The van der Waals surface area contributed by atoms with Gasteiger partial charge in [0.2, 0.25) is 0 Å². The van der Waals surface area contributed by atoms with Crippen LogP contribution in [0.5, 0.6) is 0 Å². The van der Waals surface area contributed by atoms with Gasteiger partial charge in [0.25, 0.3) is 0 Å². The van der Waals surface area contributed by atoms with E-state index >= 15 is 0 Å². The minimum atomic E-state index is -3.41. The van der Waals surface area contributed by atoms with Crippen molar-refractivity contribution in [2.24, 2.45) is 5.92 Å². The maximum atomic E-state index is 12.1. The molecule has 0 aliphatic heterocycles. The van der Waals surface area contributed by atoms with Crippen LogP contribution < -0.4 is 0 Å². The molecule has 0 rings (SSSR count). The van der Waals surface area contributed by atoms with E-state index in [0.717, 1.165) is 0 Å². The van der Waals surface area contributed by atoms with Crippen molar-refractivity contribution in [3.05, 3.63) is 12.2 Å². The molecule has 0 aliphatic carbocycles. The molecule has 0 fully saturated rings. The van der Waals surface area contributed by atoms with Crippen molar-refractivity contribution < 1.29 is 18.1 Å². The Bertz CT molecular complexity index is 240. The van der Waals surface area contributed by atoms with Gasteiger partial charge in [-0.3, -0.25) is 13.6 Å². The van der Waals surface area contributed by atoms with Gasteiger partial charge in [0.1, 0.15) is 0 Å². The smallest absolute Gasteiger partial charge is 0.287 e. The van der Waals surface area contributed by atoms with E-state index in [4.69, 9.17) is 13.6 Å². The van der Waals surface area contributed by atoms with Gasteiger partial charge < -0.3 is 0 Å². The van der Waals surface area contributed by atoms with Crippen LogP contribution in [-0.2, 0) is 18.1 Å². The largest absolute Gasteiger partial charge is 0.475 e. The van der Waals surface area contributed by atoms with Crippen LogP contribution in [0, 0.1) is 5.92 Å². The minimum Gasteiger partial charge on any atom is -0.287 e. The summed E-state index contributed by atoms with van der Waals surface area (Å²) in [5.74, 6) is 0.213. The van der Waals surface area contributed by atoms with Crippen molar-refractivity contribution in [3.63, 3.8) is 0 Å². The molecule has 0 unspecified atom stereocenters. The lowest BCUT2D eigenvalue weighted by molar-refractivity contribution is 0.0838. The van der Waals surface area contributed by atoms with Crippen LogP contribution in [-0.4, -0.2) is 19.3 Å². The van der Waals surface area contributed by atoms with Gasteiger partial charge in [0.15, 0.2) is 0 Å². The average molecular weight is 250 g/mol. The Morgan fingerprint density at radius 1 is 1.19 bits per heavy atom. The first-order valence-corrected chi connectivity index (χ1v) is 7.15. The highest BCUT2D eigenvalue weighted by atomic mass is 31.2. The summed E-state index contributed by atoms with van der Waals surface area (Å²) in [5.41, 5.74) is 0. The lowest BCUT2D eigenvalue weighted by Gasteiger charge is -2.23. The molecule has 5 heteroatoms. The van der Waals surface area contributed by atoms with Gasteiger partial charge in [0.05, 0.1) is 19.3 Å². The predicted octanol–water partition coefficient (Wildman–Crippen LogP) is 3.78. The Morgan fingerprint density at radius 3 is 2.00 bits per heavy atom. The number of rotatable bonds is 8. The molecule has 0 aliphatic rings. The molecule has 0 bridgehead atoms. The van der Waals surface area contributed by atoms with Crippen LogP contribution in [0.25, 0.3) is 0 Å². The van der Waals surface area contributed by atoms with Crippen LogP contribution in [0.1, 0.15) is 34.6 Å². The fraction of sp³-hybridized carbons (Fsp3) is 0.818. The Morgan fingerprint density at radius 2 is 1.69 bits per heavy atom. The first kappa shape index (κ1) is 15.9. The van der Waals surface area contributed by atoms with Gasteiger partial charge in [0, 0.05) is 0 Å². The first-order valence-electron chi connectivity index (χ1n) is 5.69. The van der Waals surface area contributed by atoms with Crippen LogP contribution >= 0.6 is 7.82 Å². The summed E-state index contributed by atoms with van der Waals surface area (Å²) in [5, 5.41) is 0. The number of phosphoric acid groups is 1. The summed E-state index contributed by atoms with van der Waals surface area (Å²) in [6.45, 7) is 10.0. The van der Waals surface area contributed by atoms with E-state index in [1.807, 2.05) is 32.9 Å². The van der Waals surface area contributed by atoms with Crippen LogP contribution in [0.15, 0.2) is 12.2 Å². The molecule has 0 spiro atoms. The zero-order chi connectivity index (χ0) is 12.6. The maximum absolute atomic E-state index is 12.1. The van der Waals surface area contributed by atoms with Gasteiger partial charge in [-0.1, -0.05) is 26.0 Å². The highest BCUT2D eigenvalue weighted by Crippen LogP contribution is 2.51. The fourth-order valence-corrected chi connectivity index (χ4v) is 2.57. The van der Waals surface area contributed by atoms with Gasteiger partial charge >= 0.3 is 7.82 Å². The zero-order valence-electron chi connectivity index (χ0n) is 10.8. The third kappa shape index (κ3) is 5.80. The molecular formula is C11H23O4P. The molecule has 0 N–H and O–H groups in total. The summed E-state index contributed by atoms with van der Waals surface area (Å²) in [6.07, 6.45) is 3.47. The van der Waals surface area contributed by atoms with Crippen LogP contribution in [0.4, 0.5) is 0 Å². The van der Waals surface area contributed by atoms with Gasteiger partial charge in [-0.05, 0) is 26.7 Å². The summed E-state index contributed by atoms with van der Waals surface area (Å²) in [7, 11) is -3.41. The minimum absolute atomic E-state index is 0.213. The van der Waals surface area contributed by atoms with Crippen molar-refractivity contribution in [3.8, 4) is 0 Å². The van der Waals surface area contributed by atoms with E-state index < -0.39 is 7.82 Å². The Hall–Kier alpha value is -0.150. The number of phosphoric ester groups is 1. The first-order chi connectivity index (χ1) is 7.49. The van der Waals surface area contributed by atoms with Crippen molar-refractivity contribution >= 4 is 7.82 Å². The molecular weight excluding hydrogens is 227 g/mol. The Balaban J connectivity index is 4.63. The predicted molar refractivity (Wildman–Crippen MR) is 65.4 cm³/mol. The third-order valence-electron chi connectivity index (χ3n) is 1.86. The van der Waals surface area contributed by atoms with E-state index in [1.54, 1.807) is 13.8 Å². The second kappa shape index (κ2) is 8.02. The van der Waals surface area contributed by atoms with E-state index in [1.165, 1.54) is 0 Å². The highest BCUT2D eigenvalue weighted by Gasteiger charge is 2.30. The lowest BCUT2D eigenvalue weighted by atomic mass is 10.1. The maximum Gasteiger partial charge on any atom is 0.475 e. The zero-order valence-corrected chi connectivity index (χ0v) is 11.7. The molecule has 0 aromatic carbocycles. The fourth-order valence-electron chi connectivity index (χ4n) is 1.13. The molecule has 16 heavy (non-hydrogen) atoms. The van der Waals surface area contributed by atoms with E-state index in [-0.39, 0.29) is 12.0 Å². The van der Waals surface area contributed by atoms with Crippen molar-refractivity contribution in [2.75, 3.05) is 13.2 Å². The van der Waals surface area contributed by atoms with Gasteiger partial charge in [-0.25, -0.2) is 4.57 Å². The van der Waals surface area contributed by atoms with E-state index in [0.29, 0.717) is 13.2 Å². The number of hydrogen-bond donors (Lipinski definition) is 0. The molecule has 0 heterocycles.